The zero-order valence-corrected chi connectivity index (χ0v) is 20.9. The van der Waals surface area contributed by atoms with Gasteiger partial charge in [-0.2, -0.15) is 0 Å². The monoisotopic (exact) mass is 540 g/mol. The van der Waals surface area contributed by atoms with Gasteiger partial charge in [-0.25, -0.2) is 15.0 Å². The summed E-state index contributed by atoms with van der Waals surface area (Å²) in [5.41, 5.74) is 1.09. The molecule has 2 aromatic rings. The van der Waals surface area contributed by atoms with Crippen LogP contribution >= 0.6 is 24.0 Å². The van der Waals surface area contributed by atoms with Crippen LogP contribution in [0.1, 0.15) is 25.8 Å². The van der Waals surface area contributed by atoms with Gasteiger partial charge >= 0.3 is 0 Å². The van der Waals surface area contributed by atoms with E-state index in [1.54, 1.807) is 19.5 Å². The summed E-state index contributed by atoms with van der Waals surface area (Å²) in [6.45, 7) is 9.74. The van der Waals surface area contributed by atoms with Gasteiger partial charge < -0.3 is 24.6 Å². The molecule has 3 rings (SSSR count). The van der Waals surface area contributed by atoms with Crippen LogP contribution in [0.3, 0.4) is 0 Å². The molecule has 0 aliphatic carbocycles. The maximum Gasteiger partial charge on any atom is 0.225 e. The van der Waals surface area contributed by atoms with Gasteiger partial charge in [0.05, 0.1) is 20.3 Å². The Kier molecular flexibility index (Phi) is 10.6. The fourth-order valence-corrected chi connectivity index (χ4v) is 3.31. The molecular weight excluding hydrogens is 507 g/mol. The third-order valence-corrected chi connectivity index (χ3v) is 4.85. The van der Waals surface area contributed by atoms with Crippen molar-refractivity contribution in [1.29, 1.82) is 0 Å². The van der Waals surface area contributed by atoms with Crippen LogP contribution < -0.4 is 19.7 Å². The summed E-state index contributed by atoms with van der Waals surface area (Å²) in [7, 11) is 1.67. The molecule has 1 fully saturated rings. The largest absolute Gasteiger partial charge is 0.493 e. The number of rotatable bonds is 8. The van der Waals surface area contributed by atoms with Crippen LogP contribution in [0.4, 0.5) is 5.95 Å². The van der Waals surface area contributed by atoms with Crippen molar-refractivity contribution >= 4 is 35.9 Å². The molecule has 2 heterocycles. The van der Waals surface area contributed by atoms with Crippen molar-refractivity contribution in [3.63, 3.8) is 0 Å². The Labute approximate surface area is 202 Å². The molecular formula is C22H33IN6O2. The second-order valence-corrected chi connectivity index (χ2v) is 7.03. The Morgan fingerprint density at radius 3 is 2.48 bits per heavy atom. The predicted molar refractivity (Wildman–Crippen MR) is 135 cm³/mol. The third-order valence-electron chi connectivity index (χ3n) is 4.85. The molecule has 0 radical (unpaired) electrons. The van der Waals surface area contributed by atoms with E-state index in [-0.39, 0.29) is 24.0 Å². The number of aliphatic imine (C=N–C) groups is 1. The highest BCUT2D eigenvalue weighted by atomic mass is 127. The van der Waals surface area contributed by atoms with Crippen molar-refractivity contribution in [2.75, 3.05) is 51.3 Å². The van der Waals surface area contributed by atoms with Crippen LogP contribution in [0.5, 0.6) is 11.5 Å². The maximum absolute atomic E-state index is 5.74. The van der Waals surface area contributed by atoms with E-state index in [9.17, 15) is 0 Å². The molecule has 0 saturated carbocycles. The van der Waals surface area contributed by atoms with Crippen molar-refractivity contribution in [3.05, 3.63) is 42.2 Å². The Morgan fingerprint density at radius 2 is 1.84 bits per heavy atom. The van der Waals surface area contributed by atoms with Gasteiger partial charge in [0.1, 0.15) is 0 Å². The van der Waals surface area contributed by atoms with Gasteiger partial charge in [0.25, 0.3) is 0 Å². The molecule has 31 heavy (non-hydrogen) atoms. The number of nitrogens with one attached hydrogen (secondary N) is 1. The Balaban J connectivity index is 0.00000341. The second-order valence-electron chi connectivity index (χ2n) is 7.03. The molecule has 0 atom stereocenters. The number of methoxy groups -OCH3 is 1. The van der Waals surface area contributed by atoms with E-state index in [1.165, 1.54) is 0 Å². The van der Waals surface area contributed by atoms with Gasteiger partial charge in [-0.05, 0) is 37.1 Å². The molecule has 1 aliphatic heterocycles. The number of hydrogen-bond donors (Lipinski definition) is 1. The number of halogens is 1. The molecule has 0 bridgehead atoms. The van der Waals surface area contributed by atoms with E-state index >= 15 is 0 Å². The minimum atomic E-state index is 0. The minimum Gasteiger partial charge on any atom is -0.493 e. The minimum absolute atomic E-state index is 0. The lowest BCUT2D eigenvalue weighted by atomic mass is 10.2. The topological polar surface area (TPSA) is 75.1 Å². The fraction of sp³-hybridized carbons (Fsp3) is 0.500. The third kappa shape index (κ3) is 7.12. The van der Waals surface area contributed by atoms with Gasteiger partial charge in [-0.1, -0.05) is 13.0 Å². The molecule has 0 unspecified atom stereocenters. The molecule has 9 heteroatoms. The first-order valence-corrected chi connectivity index (χ1v) is 10.6. The molecule has 1 saturated heterocycles. The molecule has 1 aromatic carbocycles. The van der Waals surface area contributed by atoms with Crippen LogP contribution in [0.25, 0.3) is 0 Å². The van der Waals surface area contributed by atoms with Crippen molar-refractivity contribution in [3.8, 4) is 11.5 Å². The van der Waals surface area contributed by atoms with Crippen molar-refractivity contribution < 1.29 is 9.47 Å². The second kappa shape index (κ2) is 13.2. The number of nitrogens with zero attached hydrogens (tertiary/aromatic N) is 5. The lowest BCUT2D eigenvalue weighted by molar-refractivity contribution is 0.294. The van der Waals surface area contributed by atoms with Gasteiger partial charge in [-0.15, -0.1) is 24.0 Å². The normalized spacial score (nSPS) is 14.1. The standard InChI is InChI=1S/C22H32N6O2.HI/c1-4-15-30-19-8-7-18(16-20(19)29-3)17-26-21(23-5-2)27-11-13-28(14-12-27)22-24-9-6-10-25-22;/h6-10,16H,4-5,11-15,17H2,1-3H3,(H,23,26);1H. The van der Waals surface area contributed by atoms with Crippen LogP contribution in [0.15, 0.2) is 41.7 Å². The predicted octanol–water partition coefficient (Wildman–Crippen LogP) is 3.18. The molecule has 1 aliphatic rings. The first-order valence-electron chi connectivity index (χ1n) is 10.6. The summed E-state index contributed by atoms with van der Waals surface area (Å²) in [4.78, 5) is 18.1. The summed E-state index contributed by atoms with van der Waals surface area (Å²) in [6.07, 6.45) is 4.53. The summed E-state index contributed by atoms with van der Waals surface area (Å²) in [6, 6.07) is 7.85. The number of guanidine groups is 1. The fourth-order valence-electron chi connectivity index (χ4n) is 3.31. The molecule has 8 nitrogen and oxygen atoms in total. The van der Waals surface area contributed by atoms with Crippen LogP contribution in [0, 0.1) is 0 Å². The summed E-state index contributed by atoms with van der Waals surface area (Å²) < 4.78 is 11.2. The zero-order valence-electron chi connectivity index (χ0n) is 18.6. The Bertz CT molecular complexity index is 813. The van der Waals surface area contributed by atoms with Crippen molar-refractivity contribution in [1.82, 2.24) is 20.2 Å². The highest BCUT2D eigenvalue weighted by Crippen LogP contribution is 2.28. The van der Waals surface area contributed by atoms with E-state index in [4.69, 9.17) is 14.5 Å². The lowest BCUT2D eigenvalue weighted by Gasteiger charge is -2.36. The summed E-state index contributed by atoms with van der Waals surface area (Å²) in [5, 5.41) is 3.42. The number of anilines is 1. The maximum atomic E-state index is 5.74. The molecule has 170 valence electrons. The molecule has 1 N–H and O–H groups in total. The highest BCUT2D eigenvalue weighted by Gasteiger charge is 2.21. The Morgan fingerprint density at radius 1 is 1.10 bits per heavy atom. The van der Waals surface area contributed by atoms with Crippen LogP contribution in [-0.4, -0.2) is 67.3 Å². The van der Waals surface area contributed by atoms with E-state index in [0.717, 1.165) is 68.1 Å². The smallest absolute Gasteiger partial charge is 0.225 e. The number of hydrogen-bond acceptors (Lipinski definition) is 6. The molecule has 1 aromatic heterocycles. The quantitative estimate of drug-likeness (QED) is 0.313. The van der Waals surface area contributed by atoms with Gasteiger partial charge in [0.2, 0.25) is 5.95 Å². The number of aromatic nitrogens is 2. The van der Waals surface area contributed by atoms with Crippen molar-refractivity contribution in [2.45, 2.75) is 26.8 Å². The summed E-state index contributed by atoms with van der Waals surface area (Å²) >= 11 is 0. The van der Waals surface area contributed by atoms with Gasteiger partial charge in [-0.3, -0.25) is 0 Å². The molecule has 0 spiro atoms. The zero-order chi connectivity index (χ0) is 21.2. The van der Waals surface area contributed by atoms with E-state index < -0.39 is 0 Å². The average Bonchev–Trinajstić information content (AvgIpc) is 2.81. The SMILES string of the molecule is CCCOc1ccc(CN=C(NCC)N2CCN(c3ncccn3)CC2)cc1OC.I. The Hall–Kier alpha value is -2.30. The lowest BCUT2D eigenvalue weighted by Crippen LogP contribution is -2.52. The number of piperazine rings is 1. The van der Waals surface area contributed by atoms with Gasteiger partial charge in [0.15, 0.2) is 17.5 Å². The van der Waals surface area contributed by atoms with E-state index in [2.05, 4.69) is 38.9 Å². The first kappa shape index (κ1) is 25.0. The van der Waals surface area contributed by atoms with E-state index in [0.29, 0.717) is 13.2 Å². The highest BCUT2D eigenvalue weighted by molar-refractivity contribution is 14.0. The van der Waals surface area contributed by atoms with Crippen molar-refractivity contribution in [2.24, 2.45) is 4.99 Å². The van der Waals surface area contributed by atoms with Crippen LogP contribution in [-0.2, 0) is 6.54 Å². The van der Waals surface area contributed by atoms with E-state index in [1.807, 2.05) is 24.3 Å². The average molecular weight is 540 g/mol. The molecule has 0 amide bonds. The first-order chi connectivity index (χ1) is 14.7. The van der Waals surface area contributed by atoms with Crippen LogP contribution in [0.2, 0.25) is 0 Å². The number of benzene rings is 1. The summed E-state index contributed by atoms with van der Waals surface area (Å²) in [5.74, 6) is 3.24. The van der Waals surface area contributed by atoms with Gasteiger partial charge in [0, 0.05) is 45.1 Å². The number of ether oxygens (including phenoxy) is 2.